The molecule has 8 nitrogen and oxygen atoms in total. The lowest BCUT2D eigenvalue weighted by molar-refractivity contribution is 0.243. The SMILES string of the molecule is CCS(=O)(=O)[C@@H](C)c1nnc(-c2cccc([C@@]34CC[C@@H](c5cc(-c6c(F)cccc6F)nnc53)C4(C)C)n2)[nH]1. The molecule has 0 aliphatic heterocycles. The number of H-pyrrole nitrogens is 1. The lowest BCUT2D eigenvalue weighted by Crippen LogP contribution is -2.37. The van der Waals surface area contributed by atoms with Crippen LogP contribution in [0.25, 0.3) is 22.8 Å². The summed E-state index contributed by atoms with van der Waals surface area (Å²) in [7, 11) is -3.34. The van der Waals surface area contributed by atoms with Crippen LogP contribution >= 0.6 is 0 Å². The summed E-state index contributed by atoms with van der Waals surface area (Å²) >= 11 is 0. The number of halogens is 2. The molecule has 0 radical (unpaired) electrons. The molecule has 1 aromatic carbocycles. The fourth-order valence-corrected chi connectivity index (χ4v) is 7.50. The van der Waals surface area contributed by atoms with Crippen molar-refractivity contribution in [1.82, 2.24) is 30.4 Å². The van der Waals surface area contributed by atoms with Crippen molar-refractivity contribution in [2.45, 2.75) is 57.1 Å². The highest BCUT2D eigenvalue weighted by Gasteiger charge is 2.65. The Morgan fingerprint density at radius 3 is 2.46 bits per heavy atom. The second kappa shape index (κ2) is 8.70. The molecule has 2 bridgehead atoms. The van der Waals surface area contributed by atoms with E-state index in [2.05, 4.69) is 39.2 Å². The van der Waals surface area contributed by atoms with E-state index in [4.69, 9.17) is 4.98 Å². The van der Waals surface area contributed by atoms with Crippen LogP contribution < -0.4 is 0 Å². The Morgan fingerprint density at radius 2 is 1.74 bits per heavy atom. The molecule has 4 aromatic rings. The summed E-state index contributed by atoms with van der Waals surface area (Å²) in [6.07, 6.45) is 1.67. The molecule has 11 heteroatoms. The highest BCUT2D eigenvalue weighted by atomic mass is 32.2. The van der Waals surface area contributed by atoms with Crippen LogP contribution in [0.15, 0.2) is 42.5 Å². The second-order valence-corrected chi connectivity index (χ2v) is 13.5. The van der Waals surface area contributed by atoms with E-state index < -0.39 is 32.1 Å². The summed E-state index contributed by atoms with van der Waals surface area (Å²) in [5.41, 5.74) is 2.17. The van der Waals surface area contributed by atoms with Crippen molar-refractivity contribution in [1.29, 1.82) is 0 Å². The Hall–Kier alpha value is -3.60. The van der Waals surface area contributed by atoms with Crippen LogP contribution in [0.5, 0.6) is 0 Å². The maximum absolute atomic E-state index is 14.5. The van der Waals surface area contributed by atoms with E-state index in [1.807, 2.05) is 12.1 Å². The molecule has 202 valence electrons. The zero-order chi connectivity index (χ0) is 27.7. The van der Waals surface area contributed by atoms with Gasteiger partial charge in [-0.3, -0.25) is 0 Å². The third-order valence-corrected chi connectivity index (χ3v) is 11.0. The van der Waals surface area contributed by atoms with Crippen molar-refractivity contribution in [3.63, 3.8) is 0 Å². The first-order chi connectivity index (χ1) is 18.5. The number of aromatic amines is 1. The largest absolute Gasteiger partial charge is 0.323 e. The summed E-state index contributed by atoms with van der Waals surface area (Å²) < 4.78 is 53.8. The molecule has 1 saturated carbocycles. The number of fused-ring (bicyclic) bond motifs is 5. The maximum atomic E-state index is 14.5. The van der Waals surface area contributed by atoms with Crippen molar-refractivity contribution < 1.29 is 17.2 Å². The first kappa shape index (κ1) is 25.7. The van der Waals surface area contributed by atoms with Gasteiger partial charge in [-0.2, -0.15) is 5.10 Å². The number of benzene rings is 1. The Morgan fingerprint density at radius 1 is 1.03 bits per heavy atom. The average Bonchev–Trinajstić information content (AvgIpc) is 3.56. The Bertz CT molecular complexity index is 1700. The molecular formula is C28H28F2N6O2S. The molecular weight excluding hydrogens is 522 g/mol. The van der Waals surface area contributed by atoms with Crippen molar-refractivity contribution in [3.8, 4) is 22.8 Å². The maximum Gasteiger partial charge on any atom is 0.180 e. The first-order valence-electron chi connectivity index (χ1n) is 13.0. The minimum atomic E-state index is -3.34. The fourth-order valence-electron chi connectivity index (χ4n) is 6.55. The molecule has 3 atom stereocenters. The van der Waals surface area contributed by atoms with Gasteiger partial charge in [0.2, 0.25) is 0 Å². The summed E-state index contributed by atoms with van der Waals surface area (Å²) in [6, 6.07) is 11.2. The van der Waals surface area contributed by atoms with Crippen LogP contribution in [-0.4, -0.2) is 44.5 Å². The van der Waals surface area contributed by atoms with Gasteiger partial charge in [-0.1, -0.05) is 32.9 Å². The molecule has 0 saturated heterocycles. The van der Waals surface area contributed by atoms with Gasteiger partial charge in [-0.05, 0) is 67.0 Å². The average molecular weight is 551 g/mol. The molecule has 2 aliphatic carbocycles. The zero-order valence-electron chi connectivity index (χ0n) is 22.0. The Kier molecular flexibility index (Phi) is 5.73. The summed E-state index contributed by atoms with van der Waals surface area (Å²) in [5, 5.41) is 16.3. The molecule has 0 spiro atoms. The number of nitrogens with one attached hydrogen (secondary N) is 1. The minimum absolute atomic E-state index is 0.00240. The van der Waals surface area contributed by atoms with Crippen LogP contribution in [0.4, 0.5) is 8.78 Å². The number of nitrogens with zero attached hydrogens (tertiary/aromatic N) is 5. The van der Waals surface area contributed by atoms with E-state index >= 15 is 0 Å². The predicted octanol–water partition coefficient (Wildman–Crippen LogP) is 5.30. The number of pyridine rings is 1. The summed E-state index contributed by atoms with van der Waals surface area (Å²) in [4.78, 5) is 8.02. The molecule has 0 unspecified atom stereocenters. The Labute approximate surface area is 225 Å². The van der Waals surface area contributed by atoms with Gasteiger partial charge in [0.15, 0.2) is 15.7 Å². The van der Waals surface area contributed by atoms with Crippen LogP contribution in [-0.2, 0) is 15.3 Å². The van der Waals surface area contributed by atoms with Crippen LogP contribution in [0.2, 0.25) is 0 Å². The minimum Gasteiger partial charge on any atom is -0.323 e. The number of aromatic nitrogens is 6. The summed E-state index contributed by atoms with van der Waals surface area (Å²) in [6.45, 7) is 7.53. The highest BCUT2D eigenvalue weighted by molar-refractivity contribution is 7.91. The van der Waals surface area contributed by atoms with Crippen LogP contribution in [0.3, 0.4) is 0 Å². The fraction of sp³-hybridized carbons (Fsp3) is 0.393. The molecule has 1 fully saturated rings. The number of rotatable bonds is 6. The predicted molar refractivity (Wildman–Crippen MR) is 141 cm³/mol. The quantitative estimate of drug-likeness (QED) is 0.346. The van der Waals surface area contributed by atoms with Crippen molar-refractivity contribution in [2.75, 3.05) is 5.75 Å². The lowest BCUT2D eigenvalue weighted by atomic mass is 9.66. The van der Waals surface area contributed by atoms with Crippen LogP contribution in [0.1, 0.15) is 74.5 Å². The highest BCUT2D eigenvalue weighted by Crippen LogP contribution is 2.69. The standard InChI is InChI=1S/C28H28F2N6O2S/c1-5-39(37,38)15(2)25-32-26(36-35-25)20-10-7-11-22(31-20)28-13-12-17(27(28,3)4)16-14-21(33-34-24(16)28)23-18(29)8-6-9-19(23)30/h6-11,14-15,17H,5,12-13H2,1-4H3,(H,32,35,36)/t15-,17-,28-/m0/s1. The van der Waals surface area contributed by atoms with Crippen molar-refractivity contribution >= 4 is 9.84 Å². The lowest BCUT2D eigenvalue weighted by Gasteiger charge is -2.37. The number of sulfone groups is 1. The first-order valence-corrected chi connectivity index (χ1v) is 14.7. The third kappa shape index (κ3) is 3.58. The van der Waals surface area contributed by atoms with E-state index in [1.54, 1.807) is 26.0 Å². The Balaban J connectivity index is 1.44. The van der Waals surface area contributed by atoms with Gasteiger partial charge in [0.1, 0.15) is 28.4 Å². The van der Waals surface area contributed by atoms with Crippen molar-refractivity contribution in [2.24, 2.45) is 5.41 Å². The van der Waals surface area contributed by atoms with Gasteiger partial charge in [-0.25, -0.2) is 22.2 Å². The van der Waals surface area contributed by atoms with E-state index in [1.165, 1.54) is 18.2 Å². The summed E-state index contributed by atoms with van der Waals surface area (Å²) in [5.74, 6) is -0.597. The molecule has 3 heterocycles. The van der Waals surface area contributed by atoms with Gasteiger partial charge in [0, 0.05) is 5.75 Å². The van der Waals surface area contributed by atoms with E-state index in [0.717, 1.165) is 29.8 Å². The monoisotopic (exact) mass is 550 g/mol. The number of hydrogen-bond acceptors (Lipinski definition) is 7. The number of hydrogen-bond donors (Lipinski definition) is 1. The van der Waals surface area contributed by atoms with E-state index in [0.29, 0.717) is 11.5 Å². The third-order valence-electron chi connectivity index (χ3n) is 8.86. The molecule has 3 aromatic heterocycles. The van der Waals surface area contributed by atoms with Crippen LogP contribution in [0, 0.1) is 17.0 Å². The van der Waals surface area contributed by atoms with Gasteiger partial charge in [0.25, 0.3) is 0 Å². The van der Waals surface area contributed by atoms with Gasteiger partial charge < -0.3 is 4.98 Å². The molecule has 39 heavy (non-hydrogen) atoms. The second-order valence-electron chi connectivity index (χ2n) is 10.9. The van der Waals surface area contributed by atoms with Gasteiger partial charge in [0.05, 0.1) is 28.1 Å². The topological polar surface area (TPSA) is 114 Å². The van der Waals surface area contributed by atoms with Gasteiger partial charge in [-0.15, -0.1) is 15.3 Å². The van der Waals surface area contributed by atoms with E-state index in [-0.39, 0.29) is 34.2 Å². The van der Waals surface area contributed by atoms with Crippen molar-refractivity contribution in [3.05, 3.63) is 76.9 Å². The molecule has 2 aliphatic rings. The molecule has 0 amide bonds. The smallest absolute Gasteiger partial charge is 0.180 e. The normalized spacial score (nSPS) is 22.2. The molecule has 6 rings (SSSR count). The van der Waals surface area contributed by atoms with Gasteiger partial charge >= 0.3 is 0 Å². The zero-order valence-corrected chi connectivity index (χ0v) is 22.9. The van der Waals surface area contributed by atoms with E-state index in [9.17, 15) is 17.2 Å². The molecule has 1 N–H and O–H groups in total.